The number of amides is 4. The van der Waals surface area contributed by atoms with Crippen LogP contribution < -0.4 is 15.5 Å². The van der Waals surface area contributed by atoms with Gasteiger partial charge in [-0.25, -0.2) is 4.79 Å². The van der Waals surface area contributed by atoms with Gasteiger partial charge in [-0.3, -0.25) is 9.59 Å². The second-order valence-corrected chi connectivity index (χ2v) is 10.9. The summed E-state index contributed by atoms with van der Waals surface area (Å²) >= 11 is 6.30. The van der Waals surface area contributed by atoms with Gasteiger partial charge in [-0.1, -0.05) is 71.8 Å². The summed E-state index contributed by atoms with van der Waals surface area (Å²) in [5.74, 6) is -0.621. The lowest BCUT2D eigenvalue weighted by atomic mass is 10.1. The molecular formula is C34H34ClN5O3. The second kappa shape index (κ2) is 13.9. The molecule has 2 N–H and O–H groups in total. The van der Waals surface area contributed by atoms with Crippen LogP contribution in [0.5, 0.6) is 0 Å². The highest BCUT2D eigenvalue weighted by Gasteiger charge is 2.23. The van der Waals surface area contributed by atoms with E-state index in [1.54, 1.807) is 24.3 Å². The van der Waals surface area contributed by atoms with Gasteiger partial charge in [0.2, 0.25) is 5.91 Å². The summed E-state index contributed by atoms with van der Waals surface area (Å²) < 4.78 is 0. The molecule has 8 nitrogen and oxygen atoms in total. The van der Waals surface area contributed by atoms with Crippen LogP contribution in [0.25, 0.3) is 0 Å². The van der Waals surface area contributed by atoms with Crippen LogP contribution in [0.2, 0.25) is 5.02 Å². The van der Waals surface area contributed by atoms with Crippen LogP contribution in [0.4, 0.5) is 21.9 Å². The van der Waals surface area contributed by atoms with Crippen molar-refractivity contribution < 1.29 is 14.4 Å². The van der Waals surface area contributed by atoms with E-state index in [4.69, 9.17) is 11.6 Å². The maximum absolute atomic E-state index is 13.4. The summed E-state index contributed by atoms with van der Waals surface area (Å²) in [4.78, 5) is 44.7. The molecule has 220 valence electrons. The third-order valence-electron chi connectivity index (χ3n) is 7.33. The number of carbonyl (C=O) groups is 3. The summed E-state index contributed by atoms with van der Waals surface area (Å²) in [6.45, 7) is 4.76. The minimum Gasteiger partial charge on any atom is -0.368 e. The monoisotopic (exact) mass is 595 g/mol. The molecule has 43 heavy (non-hydrogen) atoms. The number of urea groups is 1. The molecule has 1 aliphatic heterocycles. The first-order valence-corrected chi connectivity index (χ1v) is 14.6. The van der Waals surface area contributed by atoms with Crippen molar-refractivity contribution in [3.05, 3.63) is 125 Å². The zero-order chi connectivity index (χ0) is 30.2. The predicted octanol–water partition coefficient (Wildman–Crippen LogP) is 6.28. The Morgan fingerprint density at radius 2 is 1.35 bits per heavy atom. The fourth-order valence-corrected chi connectivity index (χ4v) is 5.16. The van der Waals surface area contributed by atoms with Crippen molar-refractivity contribution in [2.45, 2.75) is 13.5 Å². The fraction of sp³-hybridized carbons (Fsp3) is 0.206. The van der Waals surface area contributed by atoms with E-state index in [1.807, 2.05) is 90.7 Å². The number of hydrogen-bond acceptors (Lipinski definition) is 4. The highest BCUT2D eigenvalue weighted by molar-refractivity contribution is 6.33. The van der Waals surface area contributed by atoms with Gasteiger partial charge in [0, 0.05) is 49.8 Å². The highest BCUT2D eigenvalue weighted by Crippen LogP contribution is 2.22. The Hall–Kier alpha value is -4.82. The quantitative estimate of drug-likeness (QED) is 0.251. The van der Waals surface area contributed by atoms with Crippen molar-refractivity contribution in [3.8, 4) is 0 Å². The van der Waals surface area contributed by atoms with Crippen LogP contribution in [0.1, 0.15) is 21.5 Å². The average molecular weight is 596 g/mol. The van der Waals surface area contributed by atoms with E-state index in [1.165, 1.54) is 4.90 Å². The van der Waals surface area contributed by atoms with Crippen molar-refractivity contribution in [1.29, 1.82) is 0 Å². The Labute approximate surface area is 256 Å². The lowest BCUT2D eigenvalue weighted by molar-refractivity contribution is -0.117. The molecule has 4 aromatic rings. The molecule has 0 spiro atoms. The van der Waals surface area contributed by atoms with Gasteiger partial charge in [0.1, 0.15) is 6.54 Å². The zero-order valence-corrected chi connectivity index (χ0v) is 24.8. The molecule has 0 unspecified atom stereocenters. The van der Waals surface area contributed by atoms with Gasteiger partial charge in [0.05, 0.1) is 10.6 Å². The normalized spacial score (nSPS) is 12.9. The van der Waals surface area contributed by atoms with E-state index in [-0.39, 0.29) is 30.9 Å². The van der Waals surface area contributed by atoms with Gasteiger partial charge in [0.15, 0.2) is 0 Å². The van der Waals surface area contributed by atoms with Gasteiger partial charge >= 0.3 is 6.03 Å². The number of halogens is 1. The molecule has 1 heterocycles. The number of aryl methyl sites for hydroxylation is 1. The van der Waals surface area contributed by atoms with Gasteiger partial charge in [-0.05, 0) is 61.0 Å². The molecule has 0 atom stereocenters. The lowest BCUT2D eigenvalue weighted by Crippen LogP contribution is -2.50. The number of nitrogens with one attached hydrogen (secondary N) is 2. The number of piperazine rings is 1. The van der Waals surface area contributed by atoms with Crippen LogP contribution >= 0.6 is 11.6 Å². The molecule has 1 fully saturated rings. The summed E-state index contributed by atoms with van der Waals surface area (Å²) in [5.41, 5.74) is 4.83. The largest absolute Gasteiger partial charge is 0.368 e. The Kier molecular flexibility index (Phi) is 9.59. The first kappa shape index (κ1) is 29.7. The molecule has 9 heteroatoms. The van der Waals surface area contributed by atoms with Crippen LogP contribution in [0.3, 0.4) is 0 Å². The van der Waals surface area contributed by atoms with Crippen molar-refractivity contribution >= 4 is 46.5 Å². The number of benzene rings is 4. The molecule has 4 amide bonds. The minimum atomic E-state index is -0.313. The van der Waals surface area contributed by atoms with E-state index in [9.17, 15) is 14.4 Å². The number of nitrogens with zero attached hydrogens (tertiary/aromatic N) is 3. The van der Waals surface area contributed by atoms with Crippen molar-refractivity contribution in [2.75, 3.05) is 48.3 Å². The molecule has 4 aromatic carbocycles. The standard InChI is InChI=1S/C34H34ClN5O3/c1-25-11-13-28(14-12-25)37-34(43)39-21-19-38(20-22-39)29-17-15-27(16-18-29)36-32(41)24-40(23-26-7-3-2-4-8-26)33(42)30-9-5-6-10-31(30)35/h2-18H,19-24H2,1H3,(H,36,41)(H,37,43). The molecular weight excluding hydrogens is 562 g/mol. The van der Waals surface area contributed by atoms with E-state index in [2.05, 4.69) is 15.5 Å². The zero-order valence-electron chi connectivity index (χ0n) is 24.0. The van der Waals surface area contributed by atoms with Gasteiger partial charge < -0.3 is 25.3 Å². The number of carbonyl (C=O) groups excluding carboxylic acids is 3. The number of anilines is 3. The Bertz CT molecular complexity index is 1550. The summed E-state index contributed by atoms with van der Waals surface area (Å²) in [5, 5.41) is 6.22. The smallest absolute Gasteiger partial charge is 0.321 e. The van der Waals surface area contributed by atoms with Crippen LogP contribution in [0, 0.1) is 6.92 Å². The summed E-state index contributed by atoms with van der Waals surface area (Å²) in [6, 6.07) is 31.6. The first-order valence-electron chi connectivity index (χ1n) is 14.2. The average Bonchev–Trinajstić information content (AvgIpc) is 3.03. The fourth-order valence-electron chi connectivity index (χ4n) is 4.94. The predicted molar refractivity (Wildman–Crippen MR) is 172 cm³/mol. The maximum atomic E-state index is 13.4. The van der Waals surface area contributed by atoms with E-state index in [0.29, 0.717) is 42.5 Å². The van der Waals surface area contributed by atoms with Gasteiger partial charge in [-0.15, -0.1) is 0 Å². The summed E-state index contributed by atoms with van der Waals surface area (Å²) in [6.07, 6.45) is 0. The number of rotatable bonds is 8. The summed E-state index contributed by atoms with van der Waals surface area (Å²) in [7, 11) is 0. The van der Waals surface area contributed by atoms with Crippen LogP contribution in [0.15, 0.2) is 103 Å². The molecule has 0 radical (unpaired) electrons. The Morgan fingerprint density at radius 3 is 2.02 bits per heavy atom. The first-order chi connectivity index (χ1) is 20.9. The highest BCUT2D eigenvalue weighted by atomic mass is 35.5. The SMILES string of the molecule is Cc1ccc(NC(=O)N2CCN(c3ccc(NC(=O)CN(Cc4ccccc4)C(=O)c4ccccc4Cl)cc3)CC2)cc1. The number of hydrogen-bond donors (Lipinski definition) is 2. The molecule has 0 aliphatic carbocycles. The molecule has 0 bridgehead atoms. The molecule has 1 aliphatic rings. The lowest BCUT2D eigenvalue weighted by Gasteiger charge is -2.36. The molecule has 5 rings (SSSR count). The third kappa shape index (κ3) is 7.93. The van der Waals surface area contributed by atoms with Crippen molar-refractivity contribution in [1.82, 2.24) is 9.80 Å². The minimum absolute atomic E-state index is 0.101. The van der Waals surface area contributed by atoms with E-state index >= 15 is 0 Å². The molecule has 0 aromatic heterocycles. The van der Waals surface area contributed by atoms with E-state index < -0.39 is 0 Å². The van der Waals surface area contributed by atoms with Crippen LogP contribution in [-0.4, -0.2) is 60.4 Å². The van der Waals surface area contributed by atoms with Crippen molar-refractivity contribution in [3.63, 3.8) is 0 Å². The van der Waals surface area contributed by atoms with Crippen LogP contribution in [-0.2, 0) is 11.3 Å². The second-order valence-electron chi connectivity index (χ2n) is 10.5. The van der Waals surface area contributed by atoms with E-state index in [0.717, 1.165) is 22.5 Å². The Balaban J connectivity index is 1.16. The van der Waals surface area contributed by atoms with Gasteiger partial charge in [-0.2, -0.15) is 0 Å². The topological polar surface area (TPSA) is 85.0 Å². The molecule has 0 saturated carbocycles. The van der Waals surface area contributed by atoms with Crippen molar-refractivity contribution in [2.24, 2.45) is 0 Å². The Morgan fingerprint density at radius 1 is 0.744 bits per heavy atom. The van der Waals surface area contributed by atoms with Gasteiger partial charge in [0.25, 0.3) is 5.91 Å². The third-order valence-corrected chi connectivity index (χ3v) is 7.66. The maximum Gasteiger partial charge on any atom is 0.321 e. The molecule has 1 saturated heterocycles.